The monoisotopic (exact) mass is 511 g/mol. The maximum absolute atomic E-state index is 13.6. The third-order valence-electron chi connectivity index (χ3n) is 7.96. The number of ether oxygens (including phenoxy) is 1. The van der Waals surface area contributed by atoms with Crippen molar-refractivity contribution in [2.75, 3.05) is 17.2 Å². The van der Waals surface area contributed by atoms with Crippen LogP contribution in [0, 0.1) is 18.8 Å². The van der Waals surface area contributed by atoms with Gasteiger partial charge in [0.15, 0.2) is 0 Å². The lowest BCUT2D eigenvalue weighted by Gasteiger charge is -2.20. The highest BCUT2D eigenvalue weighted by atomic mass is 16.5. The summed E-state index contributed by atoms with van der Waals surface area (Å²) >= 11 is 0. The van der Waals surface area contributed by atoms with E-state index in [0.29, 0.717) is 47.6 Å². The molecule has 9 nitrogen and oxygen atoms in total. The van der Waals surface area contributed by atoms with Crippen LogP contribution >= 0.6 is 0 Å². The van der Waals surface area contributed by atoms with Crippen LogP contribution in [0.5, 0.6) is 5.88 Å². The van der Waals surface area contributed by atoms with Gasteiger partial charge in [0, 0.05) is 36.6 Å². The van der Waals surface area contributed by atoms with E-state index < -0.39 is 0 Å². The molecule has 0 spiro atoms. The van der Waals surface area contributed by atoms with Crippen LogP contribution in [0.15, 0.2) is 36.5 Å². The molecule has 1 aliphatic heterocycles. The Morgan fingerprint density at radius 2 is 1.92 bits per heavy atom. The van der Waals surface area contributed by atoms with E-state index in [1.54, 1.807) is 10.9 Å². The van der Waals surface area contributed by atoms with Crippen molar-refractivity contribution in [2.45, 2.75) is 58.0 Å². The number of aryl methyl sites for hydroxylation is 2. The molecule has 3 aromatic heterocycles. The number of rotatable bonds is 3. The zero-order chi connectivity index (χ0) is 25.8. The molecule has 1 amide bonds. The Kier molecular flexibility index (Phi) is 5.60. The van der Waals surface area contributed by atoms with Gasteiger partial charge in [-0.05, 0) is 87.6 Å². The topological polar surface area (TPSA) is 98.9 Å². The Morgan fingerprint density at radius 1 is 1.05 bits per heavy atom. The van der Waals surface area contributed by atoms with Crippen LogP contribution in [0.1, 0.15) is 54.6 Å². The molecule has 7 rings (SSSR count). The molecule has 1 atom stereocenters. The van der Waals surface area contributed by atoms with Gasteiger partial charge >= 0.3 is 0 Å². The number of carbonyl (C=O) groups is 1. The van der Waals surface area contributed by atoms with Crippen molar-refractivity contribution in [1.82, 2.24) is 24.3 Å². The van der Waals surface area contributed by atoms with Crippen LogP contribution in [0.4, 0.5) is 11.6 Å². The summed E-state index contributed by atoms with van der Waals surface area (Å²) in [5, 5.41) is 11.2. The number of benzene rings is 1. The first-order valence-corrected chi connectivity index (χ1v) is 13.7. The number of imidazole rings is 1. The van der Waals surface area contributed by atoms with Crippen LogP contribution < -0.4 is 15.4 Å². The molecule has 3 aliphatic rings. The molecule has 38 heavy (non-hydrogen) atoms. The smallest absolute Gasteiger partial charge is 0.258 e. The van der Waals surface area contributed by atoms with E-state index in [1.807, 2.05) is 26.1 Å². The van der Waals surface area contributed by atoms with Crippen LogP contribution in [-0.2, 0) is 13.6 Å². The van der Waals surface area contributed by atoms with Crippen molar-refractivity contribution in [3.8, 4) is 17.1 Å². The minimum atomic E-state index is -0.200. The van der Waals surface area contributed by atoms with Crippen LogP contribution in [0.2, 0.25) is 0 Å². The number of hydrogen-bond donors (Lipinski definition) is 2. The molecule has 9 heteroatoms. The summed E-state index contributed by atoms with van der Waals surface area (Å²) < 4.78 is 10.2. The van der Waals surface area contributed by atoms with Crippen molar-refractivity contribution >= 4 is 28.6 Å². The first-order valence-electron chi connectivity index (χ1n) is 13.7. The Hall–Kier alpha value is -3.88. The first-order chi connectivity index (χ1) is 18.5. The first kappa shape index (κ1) is 23.3. The van der Waals surface area contributed by atoms with E-state index in [1.165, 1.54) is 25.7 Å². The summed E-state index contributed by atoms with van der Waals surface area (Å²) in [6.45, 7) is 3.33. The van der Waals surface area contributed by atoms with E-state index in [9.17, 15) is 4.79 Å². The van der Waals surface area contributed by atoms with Crippen LogP contribution in [0.3, 0.4) is 0 Å². The van der Waals surface area contributed by atoms with Crippen molar-refractivity contribution < 1.29 is 9.53 Å². The Labute approximate surface area is 221 Å². The lowest BCUT2D eigenvalue weighted by Crippen LogP contribution is -2.20. The predicted octanol–water partition coefficient (Wildman–Crippen LogP) is 5.17. The lowest BCUT2D eigenvalue weighted by atomic mass is 9.97. The van der Waals surface area contributed by atoms with Gasteiger partial charge in [-0.1, -0.05) is 0 Å². The minimum Gasteiger partial charge on any atom is -0.477 e. The van der Waals surface area contributed by atoms with Gasteiger partial charge in [-0.25, -0.2) is 9.67 Å². The minimum absolute atomic E-state index is 0.200. The fourth-order valence-corrected chi connectivity index (χ4v) is 5.63. The second-order valence-electron chi connectivity index (χ2n) is 11.1. The molecule has 0 radical (unpaired) electrons. The number of aromatic nitrogens is 5. The average Bonchev–Trinajstić information content (AvgIpc) is 3.83. The van der Waals surface area contributed by atoms with Crippen molar-refractivity contribution in [3.63, 3.8) is 0 Å². The second-order valence-corrected chi connectivity index (χ2v) is 11.1. The second kappa shape index (κ2) is 9.15. The molecule has 2 fully saturated rings. The molecule has 196 valence electrons. The zero-order valence-corrected chi connectivity index (χ0v) is 21.9. The van der Waals surface area contributed by atoms with Gasteiger partial charge in [-0.2, -0.15) is 5.10 Å². The Bertz CT molecular complexity index is 1530. The maximum atomic E-state index is 13.6. The summed E-state index contributed by atoms with van der Waals surface area (Å²) in [6, 6.07) is 10.5. The van der Waals surface area contributed by atoms with Gasteiger partial charge in [0.2, 0.25) is 11.8 Å². The number of nitrogens with one attached hydrogen (secondary N) is 2. The fourth-order valence-electron chi connectivity index (χ4n) is 5.63. The number of fused-ring (bicyclic) bond motifs is 7. The highest BCUT2D eigenvalue weighted by Gasteiger charge is 2.32. The largest absolute Gasteiger partial charge is 0.477 e. The molecule has 4 aromatic rings. The SMILES string of the molecule is Cc1cc2cc(n1)-c1cnn(C)c1OCCC[C@@H](C1CC1)Cn1c(nc3ccc(NC4CC4)cc31)NC2=O. The fraction of sp³-hybridized carbons (Fsp3) is 0.448. The number of nitrogens with zero attached hydrogens (tertiary/aromatic N) is 5. The molecular formula is C29H33N7O2. The summed E-state index contributed by atoms with van der Waals surface area (Å²) in [7, 11) is 1.87. The number of anilines is 2. The van der Waals surface area contributed by atoms with Gasteiger partial charge in [0.25, 0.3) is 5.91 Å². The summed E-state index contributed by atoms with van der Waals surface area (Å²) in [5.41, 5.74) is 5.82. The molecule has 2 N–H and O–H groups in total. The van der Waals surface area contributed by atoms with E-state index >= 15 is 0 Å². The quantitative estimate of drug-likeness (QED) is 0.394. The molecule has 2 saturated carbocycles. The lowest BCUT2D eigenvalue weighted by molar-refractivity contribution is 0.102. The van der Waals surface area contributed by atoms with Crippen molar-refractivity contribution in [2.24, 2.45) is 18.9 Å². The molecule has 1 aromatic carbocycles. The van der Waals surface area contributed by atoms with E-state index in [4.69, 9.17) is 14.7 Å². The summed E-state index contributed by atoms with van der Waals surface area (Å²) in [5.74, 6) is 2.28. The number of pyridine rings is 1. The molecule has 0 unspecified atom stereocenters. The van der Waals surface area contributed by atoms with Gasteiger partial charge < -0.3 is 14.6 Å². The normalized spacial score (nSPS) is 20.1. The Morgan fingerprint density at radius 3 is 2.74 bits per heavy atom. The zero-order valence-electron chi connectivity index (χ0n) is 21.9. The molecule has 2 bridgehead atoms. The summed E-state index contributed by atoms with van der Waals surface area (Å²) in [4.78, 5) is 23.2. The third-order valence-corrected chi connectivity index (χ3v) is 7.96. The highest BCUT2D eigenvalue weighted by molar-refractivity contribution is 6.05. The standard InChI is InChI=1S/C29H33N7O2/c1-17-12-20-13-25(31-17)23-15-30-35(2)28(23)38-11-3-4-19(18-5-6-18)16-36-26-14-22(32-21-7-8-21)9-10-24(26)33-29(36)34-27(20)37/h9-10,12-15,18-19,21,32H,3-8,11,16H2,1-2H3,(H,33,34,37)/t19-/m1/s1. The van der Waals surface area contributed by atoms with Gasteiger partial charge in [-0.3, -0.25) is 15.1 Å². The average molecular weight is 512 g/mol. The molecule has 4 heterocycles. The summed E-state index contributed by atoms with van der Waals surface area (Å²) in [6.07, 6.45) is 8.72. The number of carbonyl (C=O) groups excluding carboxylic acids is 1. The molecular weight excluding hydrogens is 478 g/mol. The third kappa shape index (κ3) is 4.50. The highest BCUT2D eigenvalue weighted by Crippen LogP contribution is 2.41. The predicted molar refractivity (Wildman–Crippen MR) is 146 cm³/mol. The molecule has 2 aliphatic carbocycles. The molecule has 0 saturated heterocycles. The number of hydrogen-bond acceptors (Lipinski definition) is 6. The van der Waals surface area contributed by atoms with E-state index in [0.717, 1.165) is 47.4 Å². The van der Waals surface area contributed by atoms with E-state index in [-0.39, 0.29) is 5.91 Å². The van der Waals surface area contributed by atoms with Gasteiger partial charge in [0.05, 0.1) is 35.1 Å². The van der Waals surface area contributed by atoms with Gasteiger partial charge in [0.1, 0.15) is 0 Å². The maximum Gasteiger partial charge on any atom is 0.258 e. The Balaban J connectivity index is 1.32. The van der Waals surface area contributed by atoms with Crippen molar-refractivity contribution in [3.05, 3.63) is 47.8 Å². The van der Waals surface area contributed by atoms with Crippen LogP contribution in [0.25, 0.3) is 22.3 Å². The van der Waals surface area contributed by atoms with Crippen LogP contribution in [-0.4, -0.2) is 42.9 Å². The van der Waals surface area contributed by atoms with E-state index in [2.05, 4.69) is 38.5 Å². The number of amides is 1. The van der Waals surface area contributed by atoms with Crippen molar-refractivity contribution in [1.29, 1.82) is 0 Å². The van der Waals surface area contributed by atoms with Gasteiger partial charge in [-0.15, -0.1) is 0 Å².